The maximum absolute atomic E-state index is 13.7. The summed E-state index contributed by atoms with van der Waals surface area (Å²) in [7, 11) is -1.43. The van der Waals surface area contributed by atoms with Gasteiger partial charge in [-0.1, -0.05) is 18.2 Å². The van der Waals surface area contributed by atoms with Crippen molar-refractivity contribution in [2.24, 2.45) is 0 Å². The second-order valence-corrected chi connectivity index (χ2v) is 8.51. The Balaban J connectivity index is 1.69. The smallest absolute Gasteiger partial charge is 0.255 e. The first-order valence-corrected chi connectivity index (χ1v) is 9.84. The average molecular weight is 362 g/mol. The largest absolute Gasteiger partial charge is 0.338 e. The molecule has 25 heavy (non-hydrogen) atoms. The molecular weight excluding hydrogens is 343 g/mol. The SMILES string of the molecule is CN(C(=O)c1ccc(Cc2ccccc2F)nc1)[C@@H]1CCS(=O)(=O)C1. The molecule has 1 aromatic carbocycles. The molecule has 5 nitrogen and oxygen atoms in total. The molecule has 1 aliphatic rings. The average Bonchev–Trinajstić information content (AvgIpc) is 2.96. The van der Waals surface area contributed by atoms with Crippen LogP contribution in [0.5, 0.6) is 0 Å². The molecule has 1 atom stereocenters. The van der Waals surface area contributed by atoms with E-state index in [1.165, 1.54) is 17.2 Å². The van der Waals surface area contributed by atoms with Crippen LogP contribution in [0.2, 0.25) is 0 Å². The van der Waals surface area contributed by atoms with Gasteiger partial charge in [0.25, 0.3) is 5.91 Å². The molecule has 0 saturated carbocycles. The van der Waals surface area contributed by atoms with E-state index in [9.17, 15) is 17.6 Å². The highest BCUT2D eigenvalue weighted by atomic mass is 32.2. The van der Waals surface area contributed by atoms with Gasteiger partial charge in [0.1, 0.15) is 5.82 Å². The normalized spacial score (nSPS) is 18.9. The first kappa shape index (κ1) is 17.5. The zero-order chi connectivity index (χ0) is 18.0. The van der Waals surface area contributed by atoms with Gasteiger partial charge in [-0.3, -0.25) is 9.78 Å². The Morgan fingerprint density at radius 2 is 2.04 bits per heavy atom. The van der Waals surface area contributed by atoms with E-state index in [-0.39, 0.29) is 29.3 Å². The zero-order valence-corrected chi connectivity index (χ0v) is 14.7. The quantitative estimate of drug-likeness (QED) is 0.835. The Morgan fingerprint density at radius 1 is 1.28 bits per heavy atom. The monoisotopic (exact) mass is 362 g/mol. The Hall–Kier alpha value is -2.28. The summed E-state index contributed by atoms with van der Waals surface area (Å²) >= 11 is 0. The number of halogens is 1. The fraction of sp³-hybridized carbons (Fsp3) is 0.333. The molecular formula is C18H19FN2O3S. The molecule has 1 amide bonds. The predicted octanol–water partition coefficient (Wildman–Crippen LogP) is 2.07. The van der Waals surface area contributed by atoms with E-state index in [0.29, 0.717) is 29.7 Å². The molecule has 0 aliphatic carbocycles. The van der Waals surface area contributed by atoms with Crippen molar-refractivity contribution in [2.75, 3.05) is 18.6 Å². The molecule has 1 saturated heterocycles. The summed E-state index contributed by atoms with van der Waals surface area (Å²) in [4.78, 5) is 18.2. The summed E-state index contributed by atoms with van der Waals surface area (Å²) in [5.74, 6) is -0.415. The van der Waals surface area contributed by atoms with Crippen LogP contribution in [-0.4, -0.2) is 48.8 Å². The zero-order valence-electron chi connectivity index (χ0n) is 13.9. The second-order valence-electron chi connectivity index (χ2n) is 6.28. The van der Waals surface area contributed by atoms with E-state index in [1.54, 1.807) is 37.4 Å². The molecule has 0 N–H and O–H groups in total. The Kier molecular flexibility index (Phi) is 4.85. The molecule has 132 valence electrons. The fourth-order valence-corrected chi connectivity index (χ4v) is 4.72. The first-order chi connectivity index (χ1) is 11.9. The molecule has 1 aromatic heterocycles. The third kappa shape index (κ3) is 4.04. The van der Waals surface area contributed by atoms with E-state index < -0.39 is 9.84 Å². The van der Waals surface area contributed by atoms with Crippen molar-refractivity contribution >= 4 is 15.7 Å². The number of aromatic nitrogens is 1. The van der Waals surface area contributed by atoms with Crippen molar-refractivity contribution in [2.45, 2.75) is 18.9 Å². The molecule has 3 rings (SSSR count). The number of hydrogen-bond donors (Lipinski definition) is 0. The summed E-state index contributed by atoms with van der Waals surface area (Å²) in [6, 6.07) is 9.54. The van der Waals surface area contributed by atoms with Crippen molar-refractivity contribution in [1.82, 2.24) is 9.88 Å². The molecule has 0 radical (unpaired) electrons. The van der Waals surface area contributed by atoms with Crippen LogP contribution in [0.15, 0.2) is 42.6 Å². The maximum Gasteiger partial charge on any atom is 0.255 e. The van der Waals surface area contributed by atoms with Gasteiger partial charge < -0.3 is 4.90 Å². The minimum Gasteiger partial charge on any atom is -0.338 e. The molecule has 1 fully saturated rings. The lowest BCUT2D eigenvalue weighted by atomic mass is 10.1. The number of rotatable bonds is 4. The van der Waals surface area contributed by atoms with Gasteiger partial charge in [0, 0.05) is 31.4 Å². The number of pyridine rings is 1. The van der Waals surface area contributed by atoms with E-state index in [1.807, 2.05) is 0 Å². The van der Waals surface area contributed by atoms with Gasteiger partial charge in [-0.25, -0.2) is 12.8 Å². The standard InChI is InChI=1S/C18H19FN2O3S/c1-21(16-8-9-25(23,24)12-16)18(22)14-6-7-15(20-11-14)10-13-4-2-3-5-17(13)19/h2-7,11,16H,8-10,12H2,1H3/t16-/m1/s1. The summed E-state index contributed by atoms with van der Waals surface area (Å²) in [6.07, 6.45) is 2.26. The van der Waals surface area contributed by atoms with E-state index in [0.717, 1.165) is 0 Å². The van der Waals surface area contributed by atoms with Gasteiger partial charge in [-0.05, 0) is 30.2 Å². The lowest BCUT2D eigenvalue weighted by molar-refractivity contribution is 0.0747. The van der Waals surface area contributed by atoms with Crippen molar-refractivity contribution in [3.05, 3.63) is 65.2 Å². The number of amides is 1. The second kappa shape index (κ2) is 6.92. The van der Waals surface area contributed by atoms with Crippen LogP contribution in [0.4, 0.5) is 4.39 Å². The number of nitrogens with zero attached hydrogens (tertiary/aromatic N) is 2. The van der Waals surface area contributed by atoms with Crippen LogP contribution in [0.1, 0.15) is 28.0 Å². The summed E-state index contributed by atoms with van der Waals surface area (Å²) in [5, 5.41) is 0. The fourth-order valence-electron chi connectivity index (χ4n) is 2.94. The third-order valence-corrected chi connectivity index (χ3v) is 6.23. The third-order valence-electron chi connectivity index (χ3n) is 4.48. The molecule has 7 heteroatoms. The maximum atomic E-state index is 13.7. The van der Waals surface area contributed by atoms with E-state index in [4.69, 9.17) is 0 Å². The van der Waals surface area contributed by atoms with Crippen LogP contribution < -0.4 is 0 Å². The van der Waals surface area contributed by atoms with Gasteiger partial charge in [-0.15, -0.1) is 0 Å². The van der Waals surface area contributed by atoms with Gasteiger partial charge in [0.15, 0.2) is 9.84 Å². The Morgan fingerprint density at radius 3 is 2.64 bits per heavy atom. The van der Waals surface area contributed by atoms with Gasteiger partial charge in [-0.2, -0.15) is 0 Å². The van der Waals surface area contributed by atoms with Crippen LogP contribution in [-0.2, 0) is 16.3 Å². The molecule has 0 bridgehead atoms. The minimum atomic E-state index is -3.05. The van der Waals surface area contributed by atoms with Crippen LogP contribution in [0.3, 0.4) is 0 Å². The molecule has 2 aromatic rings. The van der Waals surface area contributed by atoms with Gasteiger partial charge >= 0.3 is 0 Å². The van der Waals surface area contributed by atoms with Crippen LogP contribution >= 0.6 is 0 Å². The number of carbonyl (C=O) groups is 1. The minimum absolute atomic E-state index is 0.00797. The highest BCUT2D eigenvalue weighted by Crippen LogP contribution is 2.19. The Bertz CT molecular complexity index is 881. The van der Waals surface area contributed by atoms with Crippen LogP contribution in [0, 0.1) is 5.82 Å². The van der Waals surface area contributed by atoms with Crippen molar-refractivity contribution in [1.29, 1.82) is 0 Å². The van der Waals surface area contributed by atoms with Crippen molar-refractivity contribution in [3.8, 4) is 0 Å². The molecule has 2 heterocycles. The number of carbonyl (C=O) groups excluding carboxylic acids is 1. The van der Waals surface area contributed by atoms with Crippen molar-refractivity contribution < 1.29 is 17.6 Å². The molecule has 1 aliphatic heterocycles. The topological polar surface area (TPSA) is 67.3 Å². The lowest BCUT2D eigenvalue weighted by Gasteiger charge is -2.23. The first-order valence-electron chi connectivity index (χ1n) is 8.01. The summed E-state index contributed by atoms with van der Waals surface area (Å²) in [6.45, 7) is 0. The van der Waals surface area contributed by atoms with Gasteiger partial charge in [0.2, 0.25) is 0 Å². The highest BCUT2D eigenvalue weighted by Gasteiger charge is 2.33. The summed E-state index contributed by atoms with van der Waals surface area (Å²) < 4.78 is 36.8. The Labute approximate surface area is 146 Å². The highest BCUT2D eigenvalue weighted by molar-refractivity contribution is 7.91. The molecule has 0 spiro atoms. The lowest BCUT2D eigenvalue weighted by Crippen LogP contribution is -2.37. The van der Waals surface area contributed by atoms with Gasteiger partial charge in [0.05, 0.1) is 17.1 Å². The molecule has 0 unspecified atom stereocenters. The number of benzene rings is 1. The summed E-state index contributed by atoms with van der Waals surface area (Å²) in [5.41, 5.74) is 1.60. The van der Waals surface area contributed by atoms with E-state index >= 15 is 0 Å². The predicted molar refractivity (Wildman–Crippen MR) is 92.6 cm³/mol. The number of hydrogen-bond acceptors (Lipinski definition) is 4. The van der Waals surface area contributed by atoms with Crippen molar-refractivity contribution in [3.63, 3.8) is 0 Å². The van der Waals surface area contributed by atoms with Crippen LogP contribution in [0.25, 0.3) is 0 Å². The van der Waals surface area contributed by atoms with E-state index in [2.05, 4.69) is 4.98 Å². The number of sulfone groups is 1.